The number of rotatable bonds is 4. The molecule has 3 nitrogen and oxygen atoms in total. The molecular formula is C18H17Cl3N2O. The van der Waals surface area contributed by atoms with Gasteiger partial charge in [0.1, 0.15) is 0 Å². The Morgan fingerprint density at radius 3 is 2.67 bits per heavy atom. The Balaban J connectivity index is 1.66. The van der Waals surface area contributed by atoms with Crippen molar-refractivity contribution in [1.29, 1.82) is 0 Å². The Kier molecular flexibility index (Phi) is 5.36. The SMILES string of the molecule is CN(CC(=O)Nc1cc(Cl)c(Cl)cc1Cl)C1CCc2ccccc21. The molecule has 0 aromatic heterocycles. The number of hydrogen-bond acceptors (Lipinski definition) is 2. The number of nitrogens with one attached hydrogen (secondary N) is 1. The third-order valence-electron chi connectivity index (χ3n) is 4.31. The first-order chi connectivity index (χ1) is 11.5. The molecule has 1 unspecified atom stereocenters. The number of anilines is 1. The number of aryl methyl sites for hydroxylation is 1. The van der Waals surface area contributed by atoms with E-state index in [-0.39, 0.29) is 18.5 Å². The van der Waals surface area contributed by atoms with Crippen molar-refractivity contribution >= 4 is 46.4 Å². The van der Waals surface area contributed by atoms with Gasteiger partial charge in [-0.05, 0) is 43.1 Å². The molecule has 0 radical (unpaired) electrons. The van der Waals surface area contributed by atoms with Gasteiger partial charge in [0, 0.05) is 6.04 Å². The summed E-state index contributed by atoms with van der Waals surface area (Å²) in [7, 11) is 1.96. The van der Waals surface area contributed by atoms with Gasteiger partial charge in [-0.25, -0.2) is 0 Å². The van der Waals surface area contributed by atoms with Gasteiger partial charge in [0.15, 0.2) is 0 Å². The molecule has 1 atom stereocenters. The van der Waals surface area contributed by atoms with E-state index in [4.69, 9.17) is 34.8 Å². The molecule has 1 N–H and O–H groups in total. The van der Waals surface area contributed by atoms with Gasteiger partial charge in [0.05, 0.1) is 27.3 Å². The van der Waals surface area contributed by atoms with Crippen LogP contribution in [0.15, 0.2) is 36.4 Å². The van der Waals surface area contributed by atoms with Gasteiger partial charge in [-0.3, -0.25) is 9.69 Å². The van der Waals surface area contributed by atoms with Crippen LogP contribution in [0.5, 0.6) is 0 Å². The van der Waals surface area contributed by atoms with E-state index < -0.39 is 0 Å². The van der Waals surface area contributed by atoms with Gasteiger partial charge in [-0.15, -0.1) is 0 Å². The molecule has 1 aliphatic rings. The zero-order valence-corrected chi connectivity index (χ0v) is 15.4. The van der Waals surface area contributed by atoms with Crippen molar-refractivity contribution in [3.63, 3.8) is 0 Å². The van der Waals surface area contributed by atoms with E-state index in [0.717, 1.165) is 12.8 Å². The summed E-state index contributed by atoms with van der Waals surface area (Å²) < 4.78 is 0. The molecule has 2 aromatic carbocycles. The highest BCUT2D eigenvalue weighted by atomic mass is 35.5. The van der Waals surface area contributed by atoms with E-state index in [1.807, 2.05) is 13.1 Å². The lowest BCUT2D eigenvalue weighted by atomic mass is 10.1. The van der Waals surface area contributed by atoms with Crippen LogP contribution in [0.1, 0.15) is 23.6 Å². The second kappa shape index (κ2) is 7.32. The highest BCUT2D eigenvalue weighted by Crippen LogP contribution is 2.35. The Hall–Kier alpha value is -1.26. The maximum atomic E-state index is 12.4. The van der Waals surface area contributed by atoms with Crippen LogP contribution < -0.4 is 5.32 Å². The van der Waals surface area contributed by atoms with Crippen molar-refractivity contribution in [2.45, 2.75) is 18.9 Å². The van der Waals surface area contributed by atoms with Crippen LogP contribution >= 0.6 is 34.8 Å². The van der Waals surface area contributed by atoms with Crippen LogP contribution in [-0.4, -0.2) is 24.4 Å². The molecule has 3 rings (SSSR count). The van der Waals surface area contributed by atoms with Gasteiger partial charge in [-0.1, -0.05) is 59.1 Å². The van der Waals surface area contributed by atoms with E-state index in [9.17, 15) is 4.79 Å². The molecule has 0 fully saturated rings. The molecule has 0 saturated carbocycles. The number of hydrogen-bond donors (Lipinski definition) is 1. The molecule has 0 saturated heterocycles. The predicted molar refractivity (Wildman–Crippen MR) is 100 cm³/mol. The van der Waals surface area contributed by atoms with E-state index in [0.29, 0.717) is 20.8 Å². The first kappa shape index (κ1) is 17.6. The van der Waals surface area contributed by atoms with Gasteiger partial charge >= 0.3 is 0 Å². The van der Waals surface area contributed by atoms with E-state index in [1.165, 1.54) is 17.2 Å². The molecule has 126 valence electrons. The van der Waals surface area contributed by atoms with Crippen LogP contribution in [0, 0.1) is 0 Å². The second-order valence-corrected chi connectivity index (χ2v) is 7.18. The highest BCUT2D eigenvalue weighted by Gasteiger charge is 2.26. The van der Waals surface area contributed by atoms with E-state index >= 15 is 0 Å². The number of carbonyl (C=O) groups excluding carboxylic acids is 1. The van der Waals surface area contributed by atoms with Gasteiger partial charge < -0.3 is 5.32 Å². The first-order valence-corrected chi connectivity index (χ1v) is 8.81. The number of amides is 1. The van der Waals surface area contributed by atoms with Crippen molar-refractivity contribution in [3.05, 3.63) is 62.6 Å². The molecule has 1 amide bonds. The summed E-state index contributed by atoms with van der Waals surface area (Å²) in [5, 5.41) is 3.88. The van der Waals surface area contributed by atoms with Crippen LogP contribution in [0.4, 0.5) is 5.69 Å². The zero-order chi connectivity index (χ0) is 17.3. The van der Waals surface area contributed by atoms with Crippen LogP contribution in [0.2, 0.25) is 15.1 Å². The van der Waals surface area contributed by atoms with E-state index in [2.05, 4.69) is 28.4 Å². The summed E-state index contributed by atoms with van der Waals surface area (Å²) >= 11 is 18.0. The normalized spacial score (nSPS) is 16.3. The lowest BCUT2D eigenvalue weighted by Gasteiger charge is -2.24. The Bertz CT molecular complexity index is 779. The van der Waals surface area contributed by atoms with Crippen LogP contribution in [-0.2, 0) is 11.2 Å². The van der Waals surface area contributed by atoms with Crippen molar-refractivity contribution in [2.75, 3.05) is 18.9 Å². The van der Waals surface area contributed by atoms with Gasteiger partial charge in [0.2, 0.25) is 5.91 Å². The van der Waals surface area contributed by atoms with Crippen molar-refractivity contribution in [2.24, 2.45) is 0 Å². The fourth-order valence-electron chi connectivity index (χ4n) is 3.14. The minimum Gasteiger partial charge on any atom is -0.324 e. The molecule has 24 heavy (non-hydrogen) atoms. The van der Waals surface area contributed by atoms with Gasteiger partial charge in [0.25, 0.3) is 0 Å². The Morgan fingerprint density at radius 2 is 1.88 bits per heavy atom. The fraction of sp³-hybridized carbons (Fsp3) is 0.278. The van der Waals surface area contributed by atoms with Crippen molar-refractivity contribution in [1.82, 2.24) is 4.90 Å². The molecule has 0 aliphatic heterocycles. The molecule has 0 spiro atoms. The average Bonchev–Trinajstić information content (AvgIpc) is 2.96. The zero-order valence-electron chi connectivity index (χ0n) is 13.2. The Labute approximate surface area is 156 Å². The number of carbonyl (C=O) groups is 1. The summed E-state index contributed by atoms with van der Waals surface area (Å²) in [5.41, 5.74) is 3.14. The maximum absolute atomic E-state index is 12.4. The summed E-state index contributed by atoms with van der Waals surface area (Å²) in [6.45, 7) is 0.273. The number of fused-ring (bicyclic) bond motifs is 1. The summed E-state index contributed by atoms with van der Waals surface area (Å²) in [6, 6.07) is 11.7. The van der Waals surface area contributed by atoms with Gasteiger partial charge in [-0.2, -0.15) is 0 Å². The fourth-order valence-corrected chi connectivity index (χ4v) is 3.73. The number of nitrogens with zero attached hydrogens (tertiary/aromatic N) is 1. The number of benzene rings is 2. The van der Waals surface area contributed by atoms with Crippen molar-refractivity contribution < 1.29 is 4.79 Å². The average molecular weight is 384 g/mol. The van der Waals surface area contributed by atoms with E-state index in [1.54, 1.807) is 6.07 Å². The van der Waals surface area contributed by atoms with Crippen molar-refractivity contribution in [3.8, 4) is 0 Å². The topological polar surface area (TPSA) is 32.3 Å². The molecule has 1 aliphatic carbocycles. The smallest absolute Gasteiger partial charge is 0.238 e. The lowest BCUT2D eigenvalue weighted by molar-refractivity contribution is -0.117. The standard InChI is InChI=1S/C18H17Cl3N2O/c1-23(17-7-6-11-4-2-3-5-12(11)17)10-18(24)22-16-9-14(20)13(19)8-15(16)21/h2-5,8-9,17H,6-7,10H2,1H3,(H,22,24). The predicted octanol–water partition coefficient (Wildman–Crippen LogP) is 5.20. The number of halogens is 3. The molecule has 6 heteroatoms. The summed E-state index contributed by atoms with van der Waals surface area (Å²) in [5.74, 6) is -0.137. The maximum Gasteiger partial charge on any atom is 0.238 e. The molecular weight excluding hydrogens is 367 g/mol. The summed E-state index contributed by atoms with van der Waals surface area (Å²) in [4.78, 5) is 14.4. The lowest BCUT2D eigenvalue weighted by Crippen LogP contribution is -2.32. The minimum absolute atomic E-state index is 0.137. The largest absolute Gasteiger partial charge is 0.324 e. The van der Waals surface area contributed by atoms with Crippen LogP contribution in [0.25, 0.3) is 0 Å². The number of likely N-dealkylation sites (N-methyl/N-ethyl adjacent to an activating group) is 1. The molecule has 0 bridgehead atoms. The minimum atomic E-state index is -0.137. The second-order valence-electron chi connectivity index (χ2n) is 5.96. The Morgan fingerprint density at radius 1 is 1.17 bits per heavy atom. The molecule has 2 aromatic rings. The van der Waals surface area contributed by atoms with Crippen LogP contribution in [0.3, 0.4) is 0 Å². The quantitative estimate of drug-likeness (QED) is 0.736. The third kappa shape index (κ3) is 3.70. The third-order valence-corrected chi connectivity index (χ3v) is 5.35. The summed E-state index contributed by atoms with van der Waals surface area (Å²) in [6.07, 6.45) is 2.07. The monoisotopic (exact) mass is 382 g/mol. The first-order valence-electron chi connectivity index (χ1n) is 7.68. The molecule has 0 heterocycles. The highest BCUT2D eigenvalue weighted by molar-refractivity contribution is 6.44.